The summed E-state index contributed by atoms with van der Waals surface area (Å²) in [6.07, 6.45) is 3.03. The van der Waals surface area contributed by atoms with Crippen LogP contribution in [-0.2, 0) is 12.8 Å². The molecule has 0 atom stereocenters. The average molecular weight is 194 g/mol. The molecule has 0 N–H and O–H groups in total. The van der Waals surface area contributed by atoms with Crippen LogP contribution in [0.15, 0.2) is 18.2 Å². The maximum absolute atomic E-state index is 13.1. The first-order valence-electron chi connectivity index (χ1n) is 5.40. The molecule has 0 fully saturated rings. The molecule has 0 bridgehead atoms. The Balaban J connectivity index is 2.71. The Labute approximate surface area is 86.2 Å². The van der Waals surface area contributed by atoms with Gasteiger partial charge in [-0.3, -0.25) is 0 Å². The van der Waals surface area contributed by atoms with Gasteiger partial charge < -0.3 is 0 Å². The van der Waals surface area contributed by atoms with E-state index in [-0.39, 0.29) is 5.82 Å². The summed E-state index contributed by atoms with van der Waals surface area (Å²) in [7, 11) is 0. The van der Waals surface area contributed by atoms with Crippen molar-refractivity contribution in [2.24, 2.45) is 5.92 Å². The summed E-state index contributed by atoms with van der Waals surface area (Å²) in [6, 6.07) is 5.39. The summed E-state index contributed by atoms with van der Waals surface area (Å²) in [6.45, 7) is 6.45. The van der Waals surface area contributed by atoms with Gasteiger partial charge in [-0.15, -0.1) is 0 Å². The van der Waals surface area contributed by atoms with Crippen LogP contribution in [0.3, 0.4) is 0 Å². The molecule has 14 heavy (non-hydrogen) atoms. The minimum Gasteiger partial charge on any atom is -0.207 e. The molecule has 1 aromatic rings. The molecule has 1 heteroatoms. The van der Waals surface area contributed by atoms with Gasteiger partial charge in [-0.1, -0.05) is 26.8 Å². The molecular weight excluding hydrogens is 175 g/mol. The zero-order valence-corrected chi connectivity index (χ0v) is 9.31. The molecule has 0 aromatic heterocycles. The molecular formula is C13H19F. The molecule has 0 aliphatic heterocycles. The van der Waals surface area contributed by atoms with Crippen molar-refractivity contribution in [1.82, 2.24) is 0 Å². The van der Waals surface area contributed by atoms with Crippen LogP contribution in [0.4, 0.5) is 4.39 Å². The number of halogens is 1. The van der Waals surface area contributed by atoms with Gasteiger partial charge in [0.1, 0.15) is 5.82 Å². The van der Waals surface area contributed by atoms with Crippen molar-refractivity contribution in [3.8, 4) is 0 Å². The number of hydrogen-bond acceptors (Lipinski definition) is 0. The van der Waals surface area contributed by atoms with Gasteiger partial charge in [0.2, 0.25) is 0 Å². The van der Waals surface area contributed by atoms with Crippen molar-refractivity contribution in [3.05, 3.63) is 35.1 Å². The first kappa shape index (κ1) is 11.2. The summed E-state index contributed by atoms with van der Waals surface area (Å²) >= 11 is 0. The predicted octanol–water partition coefficient (Wildman–Crippen LogP) is 3.98. The topological polar surface area (TPSA) is 0 Å². The Kier molecular flexibility index (Phi) is 4.12. The monoisotopic (exact) mass is 194 g/mol. The second-order valence-corrected chi connectivity index (χ2v) is 4.25. The Hall–Kier alpha value is -0.850. The van der Waals surface area contributed by atoms with Crippen LogP contribution in [0.5, 0.6) is 0 Å². The van der Waals surface area contributed by atoms with E-state index in [1.165, 1.54) is 0 Å². The highest BCUT2D eigenvalue weighted by Gasteiger charge is 2.01. The van der Waals surface area contributed by atoms with E-state index >= 15 is 0 Å². The Bertz CT molecular complexity index is 289. The SMILES string of the molecule is CCc1cc(F)cc(CCC(C)C)c1. The van der Waals surface area contributed by atoms with Crippen LogP contribution in [0.1, 0.15) is 38.3 Å². The van der Waals surface area contributed by atoms with Crippen LogP contribution >= 0.6 is 0 Å². The Morgan fingerprint density at radius 3 is 2.36 bits per heavy atom. The summed E-state index contributed by atoms with van der Waals surface area (Å²) in [5, 5.41) is 0. The summed E-state index contributed by atoms with van der Waals surface area (Å²) < 4.78 is 13.1. The standard InChI is InChI=1S/C13H19F/c1-4-11-7-12(6-5-10(2)3)9-13(14)8-11/h7-10H,4-6H2,1-3H3. The highest BCUT2D eigenvalue weighted by molar-refractivity contribution is 5.24. The highest BCUT2D eigenvalue weighted by Crippen LogP contribution is 2.14. The van der Waals surface area contributed by atoms with E-state index in [4.69, 9.17) is 0 Å². The third-order valence-electron chi connectivity index (χ3n) is 2.44. The lowest BCUT2D eigenvalue weighted by atomic mass is 10.0. The average Bonchev–Trinajstić information content (AvgIpc) is 2.14. The van der Waals surface area contributed by atoms with Gasteiger partial charge in [-0.05, 0) is 48.4 Å². The molecule has 0 saturated carbocycles. The van der Waals surface area contributed by atoms with Crippen LogP contribution in [0.25, 0.3) is 0 Å². The summed E-state index contributed by atoms with van der Waals surface area (Å²) in [5.74, 6) is 0.589. The molecule has 0 heterocycles. The normalized spacial score (nSPS) is 10.9. The largest absolute Gasteiger partial charge is 0.207 e. The third kappa shape index (κ3) is 3.49. The van der Waals surface area contributed by atoms with E-state index in [9.17, 15) is 4.39 Å². The second-order valence-electron chi connectivity index (χ2n) is 4.25. The van der Waals surface area contributed by atoms with Gasteiger partial charge in [-0.2, -0.15) is 0 Å². The first-order valence-corrected chi connectivity index (χ1v) is 5.40. The molecule has 0 nitrogen and oxygen atoms in total. The maximum atomic E-state index is 13.1. The molecule has 0 aliphatic rings. The smallest absolute Gasteiger partial charge is 0.123 e. The van der Waals surface area contributed by atoms with Crippen molar-refractivity contribution in [1.29, 1.82) is 0 Å². The second kappa shape index (κ2) is 5.14. The van der Waals surface area contributed by atoms with Gasteiger partial charge in [-0.25, -0.2) is 4.39 Å². The third-order valence-corrected chi connectivity index (χ3v) is 2.44. The Morgan fingerprint density at radius 2 is 1.79 bits per heavy atom. The lowest BCUT2D eigenvalue weighted by Gasteiger charge is -2.06. The lowest BCUT2D eigenvalue weighted by Crippen LogP contribution is -1.94. The quantitative estimate of drug-likeness (QED) is 0.680. The van der Waals surface area contributed by atoms with Gasteiger partial charge in [0.25, 0.3) is 0 Å². The van der Waals surface area contributed by atoms with E-state index in [0.29, 0.717) is 5.92 Å². The fraction of sp³-hybridized carbons (Fsp3) is 0.538. The first-order chi connectivity index (χ1) is 6.61. The van der Waals surface area contributed by atoms with Crippen molar-refractivity contribution in [2.75, 3.05) is 0 Å². The zero-order chi connectivity index (χ0) is 10.6. The predicted molar refractivity (Wildman–Crippen MR) is 58.9 cm³/mol. The molecule has 0 aliphatic carbocycles. The maximum Gasteiger partial charge on any atom is 0.123 e. The van der Waals surface area contributed by atoms with E-state index in [0.717, 1.165) is 30.4 Å². The van der Waals surface area contributed by atoms with E-state index in [2.05, 4.69) is 26.8 Å². The van der Waals surface area contributed by atoms with E-state index < -0.39 is 0 Å². The molecule has 1 rings (SSSR count). The molecule has 1 aromatic carbocycles. The molecule has 0 radical (unpaired) electrons. The molecule has 0 unspecified atom stereocenters. The molecule has 0 amide bonds. The fourth-order valence-corrected chi connectivity index (χ4v) is 1.52. The minimum absolute atomic E-state index is 0.0943. The number of benzene rings is 1. The highest BCUT2D eigenvalue weighted by atomic mass is 19.1. The van der Waals surface area contributed by atoms with Gasteiger partial charge in [0, 0.05) is 0 Å². The summed E-state index contributed by atoms with van der Waals surface area (Å²) in [4.78, 5) is 0. The van der Waals surface area contributed by atoms with Crippen LogP contribution in [0.2, 0.25) is 0 Å². The van der Waals surface area contributed by atoms with E-state index in [1.807, 2.05) is 0 Å². The molecule has 0 saturated heterocycles. The number of hydrogen-bond donors (Lipinski definition) is 0. The van der Waals surface area contributed by atoms with Crippen molar-refractivity contribution >= 4 is 0 Å². The molecule has 78 valence electrons. The fourth-order valence-electron chi connectivity index (χ4n) is 1.52. The van der Waals surface area contributed by atoms with Gasteiger partial charge in [0.15, 0.2) is 0 Å². The van der Waals surface area contributed by atoms with Crippen LogP contribution < -0.4 is 0 Å². The number of rotatable bonds is 4. The summed E-state index contributed by atoms with van der Waals surface area (Å²) in [5.41, 5.74) is 2.24. The van der Waals surface area contributed by atoms with Gasteiger partial charge >= 0.3 is 0 Å². The minimum atomic E-state index is -0.0943. The van der Waals surface area contributed by atoms with Crippen molar-refractivity contribution in [3.63, 3.8) is 0 Å². The van der Waals surface area contributed by atoms with Crippen LogP contribution in [0, 0.1) is 11.7 Å². The van der Waals surface area contributed by atoms with Gasteiger partial charge in [0.05, 0.1) is 0 Å². The zero-order valence-electron chi connectivity index (χ0n) is 9.31. The van der Waals surface area contributed by atoms with Crippen molar-refractivity contribution in [2.45, 2.75) is 40.0 Å². The Morgan fingerprint density at radius 1 is 1.14 bits per heavy atom. The van der Waals surface area contributed by atoms with Crippen molar-refractivity contribution < 1.29 is 4.39 Å². The number of aryl methyl sites for hydroxylation is 2. The molecule has 0 spiro atoms. The van der Waals surface area contributed by atoms with Crippen LogP contribution in [-0.4, -0.2) is 0 Å². The lowest BCUT2D eigenvalue weighted by molar-refractivity contribution is 0.580. The van der Waals surface area contributed by atoms with E-state index in [1.54, 1.807) is 12.1 Å².